The minimum Gasteiger partial charge on any atom is -0.495 e. The largest absolute Gasteiger partial charge is 0.495 e. The zero-order valence-corrected chi connectivity index (χ0v) is 23.5. The van der Waals surface area contributed by atoms with Gasteiger partial charge in [-0.25, -0.2) is 18.4 Å². The molecule has 0 spiro atoms. The first-order valence-electron chi connectivity index (χ1n) is 12.4. The van der Waals surface area contributed by atoms with Crippen molar-refractivity contribution >= 4 is 9.84 Å². The van der Waals surface area contributed by atoms with Gasteiger partial charge in [-0.05, 0) is 56.5 Å². The predicted molar refractivity (Wildman–Crippen MR) is 148 cm³/mol. The Morgan fingerprint density at radius 1 is 1.05 bits per heavy atom. The van der Waals surface area contributed by atoms with E-state index in [0.717, 1.165) is 16.7 Å². The van der Waals surface area contributed by atoms with Gasteiger partial charge in [0.1, 0.15) is 17.6 Å². The molecular formula is C28H32N6O4S. The molecule has 4 rings (SSSR count). The normalized spacial score (nSPS) is 13.2. The molecule has 0 saturated carbocycles. The van der Waals surface area contributed by atoms with Gasteiger partial charge in [-0.1, -0.05) is 18.2 Å². The maximum absolute atomic E-state index is 13.9. The van der Waals surface area contributed by atoms with Crippen molar-refractivity contribution in [3.63, 3.8) is 0 Å². The molecule has 0 amide bonds. The molecule has 2 atom stereocenters. The van der Waals surface area contributed by atoms with Gasteiger partial charge in [0.15, 0.2) is 27.3 Å². The number of rotatable bonds is 11. The molecule has 0 saturated heterocycles. The van der Waals surface area contributed by atoms with E-state index < -0.39 is 26.9 Å². The van der Waals surface area contributed by atoms with Crippen LogP contribution in [0.5, 0.6) is 5.75 Å². The molecule has 0 bridgehead atoms. The van der Waals surface area contributed by atoms with E-state index in [1.807, 2.05) is 45.0 Å². The van der Waals surface area contributed by atoms with Gasteiger partial charge < -0.3 is 9.47 Å². The van der Waals surface area contributed by atoms with E-state index >= 15 is 0 Å². The van der Waals surface area contributed by atoms with E-state index in [1.165, 1.54) is 0 Å². The number of hydrogen-bond acceptors (Lipinski definition) is 9. The Balaban J connectivity index is 1.82. The highest BCUT2D eigenvalue weighted by atomic mass is 32.2. The van der Waals surface area contributed by atoms with E-state index in [-0.39, 0.29) is 18.3 Å². The Hall–Kier alpha value is -3.96. The molecule has 10 nitrogen and oxygen atoms in total. The number of nitrogens with zero attached hydrogens (tertiary/aromatic N) is 6. The Kier molecular flexibility index (Phi) is 8.51. The number of sulfone groups is 1. The summed E-state index contributed by atoms with van der Waals surface area (Å²) in [6.07, 6.45) is 7.34. The average Bonchev–Trinajstić information content (AvgIpc) is 3.31. The maximum atomic E-state index is 13.9. The number of aryl methyl sites for hydroxylation is 3. The van der Waals surface area contributed by atoms with Gasteiger partial charge in [-0.3, -0.25) is 9.55 Å². The molecule has 4 aromatic rings. The second-order valence-corrected chi connectivity index (χ2v) is 11.7. The lowest BCUT2D eigenvalue weighted by molar-refractivity contribution is 0.0669. The van der Waals surface area contributed by atoms with Crippen LogP contribution in [0.15, 0.2) is 61.7 Å². The van der Waals surface area contributed by atoms with Crippen molar-refractivity contribution < 1.29 is 17.9 Å². The maximum Gasteiger partial charge on any atom is 0.170 e. The van der Waals surface area contributed by atoms with E-state index in [1.54, 1.807) is 49.5 Å². The summed E-state index contributed by atoms with van der Waals surface area (Å²) in [5, 5.41) is 7.77. The van der Waals surface area contributed by atoms with Crippen LogP contribution >= 0.6 is 0 Å². The van der Waals surface area contributed by atoms with Crippen LogP contribution in [0.2, 0.25) is 0 Å². The first-order valence-corrected chi connectivity index (χ1v) is 14.1. The Morgan fingerprint density at radius 3 is 2.46 bits per heavy atom. The summed E-state index contributed by atoms with van der Waals surface area (Å²) in [5.74, 6) is 1.13. The second-order valence-electron chi connectivity index (χ2n) is 9.33. The number of para-hydroxylation sites is 1. The lowest BCUT2D eigenvalue weighted by Crippen LogP contribution is -2.31. The van der Waals surface area contributed by atoms with E-state index in [9.17, 15) is 8.42 Å². The third kappa shape index (κ3) is 6.04. The molecule has 0 unspecified atom stereocenters. The molecule has 0 fully saturated rings. The number of ether oxygens (including phenoxy) is 2. The van der Waals surface area contributed by atoms with Crippen LogP contribution in [0.3, 0.4) is 0 Å². The monoisotopic (exact) mass is 548 g/mol. The lowest BCUT2D eigenvalue weighted by Gasteiger charge is -2.23. The van der Waals surface area contributed by atoms with Crippen LogP contribution < -0.4 is 4.74 Å². The van der Waals surface area contributed by atoms with Crippen LogP contribution in [0.1, 0.15) is 41.4 Å². The second kappa shape index (κ2) is 11.8. The van der Waals surface area contributed by atoms with Gasteiger partial charge >= 0.3 is 0 Å². The molecule has 0 aliphatic carbocycles. The molecule has 204 valence electrons. The third-order valence-electron chi connectivity index (χ3n) is 6.28. The molecule has 0 radical (unpaired) electrons. The summed E-state index contributed by atoms with van der Waals surface area (Å²) in [5.41, 5.74) is 4.01. The predicted octanol–water partition coefficient (Wildman–Crippen LogP) is 4.30. The van der Waals surface area contributed by atoms with Crippen molar-refractivity contribution in [2.45, 2.75) is 44.8 Å². The van der Waals surface area contributed by atoms with E-state index in [0.29, 0.717) is 22.8 Å². The zero-order valence-electron chi connectivity index (χ0n) is 22.7. The first-order chi connectivity index (χ1) is 18.7. The van der Waals surface area contributed by atoms with Gasteiger partial charge in [-0.15, -0.1) is 16.8 Å². The Bertz CT molecular complexity index is 1570. The Labute approximate surface area is 228 Å². The smallest absolute Gasteiger partial charge is 0.170 e. The highest BCUT2D eigenvalue weighted by Crippen LogP contribution is 2.33. The van der Waals surface area contributed by atoms with Crippen LogP contribution in [-0.4, -0.2) is 57.1 Å². The quantitative estimate of drug-likeness (QED) is 0.252. The first kappa shape index (κ1) is 28.1. The van der Waals surface area contributed by atoms with E-state index in [2.05, 4.69) is 31.7 Å². The van der Waals surface area contributed by atoms with Gasteiger partial charge in [0.2, 0.25) is 0 Å². The van der Waals surface area contributed by atoms with Gasteiger partial charge in [0, 0.05) is 30.4 Å². The third-order valence-corrected chi connectivity index (χ3v) is 8.32. The summed E-state index contributed by atoms with van der Waals surface area (Å²) in [7, 11) is -2.29. The summed E-state index contributed by atoms with van der Waals surface area (Å²) in [4.78, 5) is 13.0. The fourth-order valence-electron chi connectivity index (χ4n) is 4.23. The van der Waals surface area contributed by atoms with Gasteiger partial charge in [0.05, 0.1) is 24.7 Å². The van der Waals surface area contributed by atoms with Crippen molar-refractivity contribution in [2.75, 3.05) is 13.7 Å². The molecule has 1 aromatic carbocycles. The average molecular weight is 549 g/mol. The van der Waals surface area contributed by atoms with Crippen molar-refractivity contribution in [3.8, 4) is 22.8 Å². The number of benzene rings is 1. The minimum atomic E-state index is -3.86. The summed E-state index contributed by atoms with van der Waals surface area (Å²) >= 11 is 0. The summed E-state index contributed by atoms with van der Waals surface area (Å²) in [6.45, 7) is 11.1. The highest BCUT2D eigenvalue weighted by Gasteiger charge is 2.35. The van der Waals surface area contributed by atoms with Crippen molar-refractivity contribution in [1.29, 1.82) is 0 Å². The topological polar surface area (TPSA) is 122 Å². The van der Waals surface area contributed by atoms with Crippen molar-refractivity contribution in [2.24, 2.45) is 0 Å². The molecule has 0 aliphatic heterocycles. The molecule has 0 aliphatic rings. The molecule has 0 N–H and O–H groups in total. The molecule has 3 heterocycles. The van der Waals surface area contributed by atoms with Crippen molar-refractivity contribution in [1.82, 2.24) is 29.7 Å². The molecular weight excluding hydrogens is 516 g/mol. The summed E-state index contributed by atoms with van der Waals surface area (Å²) in [6, 6.07) is 7.53. The van der Waals surface area contributed by atoms with Crippen LogP contribution in [0.4, 0.5) is 0 Å². The van der Waals surface area contributed by atoms with Crippen LogP contribution in [0, 0.1) is 20.8 Å². The minimum absolute atomic E-state index is 0.142. The summed E-state index contributed by atoms with van der Waals surface area (Å²) < 4.78 is 41.0. The zero-order chi connectivity index (χ0) is 28.2. The SMILES string of the molecule is C=CCO[C@H](c1ncc(C)cn1)[C@@H](C)S(=O)(=O)Cc1nnc(-c2cncc(C)c2)n1-c1c(C)cccc1OC. The van der Waals surface area contributed by atoms with Crippen LogP contribution in [0.25, 0.3) is 17.1 Å². The standard InChI is InChI=1S/C28H32N6O4S/c1-7-11-38-26(27-30-14-19(3)15-31-27)21(5)39(35,36)17-24-32-33-28(22-12-18(2)13-29-16-22)34(24)25-20(4)9-8-10-23(25)37-6/h7-10,12-16,21,26H,1,11,17H2,2-6H3/t21-,26+/m1/s1. The van der Waals surface area contributed by atoms with E-state index in [4.69, 9.17) is 9.47 Å². The fraction of sp³-hybridized carbons (Fsp3) is 0.321. The number of aromatic nitrogens is 6. The molecule has 11 heteroatoms. The molecule has 3 aromatic heterocycles. The number of hydrogen-bond donors (Lipinski definition) is 0. The Morgan fingerprint density at radius 2 is 1.79 bits per heavy atom. The lowest BCUT2D eigenvalue weighted by atomic mass is 10.1. The van der Waals surface area contributed by atoms with Crippen molar-refractivity contribution in [3.05, 3.63) is 90.0 Å². The van der Waals surface area contributed by atoms with Gasteiger partial charge in [-0.2, -0.15) is 0 Å². The molecule has 39 heavy (non-hydrogen) atoms. The highest BCUT2D eigenvalue weighted by molar-refractivity contribution is 7.91. The fourth-order valence-corrected chi connectivity index (χ4v) is 5.62. The van der Waals surface area contributed by atoms with Gasteiger partial charge in [0.25, 0.3) is 0 Å². The number of methoxy groups -OCH3 is 1. The van der Waals surface area contributed by atoms with Crippen LogP contribution in [-0.2, 0) is 20.3 Å². The number of pyridine rings is 1.